The molecule has 2 aliphatic rings. The molecule has 0 radical (unpaired) electrons. The van der Waals surface area contributed by atoms with E-state index in [9.17, 15) is 14.3 Å². The number of piperidine rings is 1. The molecule has 3 N–H and O–H groups in total. The molecule has 1 heterocycles. The number of hydrogen-bond donors (Lipinski definition) is 3. The fourth-order valence-electron chi connectivity index (χ4n) is 3.29. The molecule has 5 nitrogen and oxygen atoms in total. The first-order valence-corrected chi connectivity index (χ1v) is 7.73. The highest BCUT2D eigenvalue weighted by atomic mass is 19.1. The largest absolute Gasteiger partial charge is 0.391 e. The van der Waals surface area contributed by atoms with Gasteiger partial charge in [-0.25, -0.2) is 9.18 Å². The lowest BCUT2D eigenvalue weighted by Crippen LogP contribution is -2.53. The highest BCUT2D eigenvalue weighted by molar-refractivity contribution is 5.74. The third-order valence-electron chi connectivity index (χ3n) is 4.41. The monoisotopic (exact) mass is 287 g/mol. The topological polar surface area (TPSA) is 64.6 Å². The summed E-state index contributed by atoms with van der Waals surface area (Å²) in [6, 6.07) is 0.176. The number of aliphatic hydroxyl groups excluding tert-OH is 1. The molecule has 6 heteroatoms. The molecule has 0 aromatic carbocycles. The lowest BCUT2D eigenvalue weighted by atomic mass is 9.89. The number of carbonyl (C=O) groups is 1. The smallest absolute Gasteiger partial charge is 0.315 e. The van der Waals surface area contributed by atoms with Gasteiger partial charge in [-0.1, -0.05) is 12.8 Å². The van der Waals surface area contributed by atoms with Gasteiger partial charge in [-0.05, 0) is 25.7 Å². The molecule has 116 valence electrons. The van der Waals surface area contributed by atoms with Crippen molar-refractivity contribution in [2.45, 2.75) is 56.7 Å². The molecule has 20 heavy (non-hydrogen) atoms. The standard InChI is InChI=1S/C14H26FN3O2/c15-7-8-16-14(20)17-11-5-9-18(10-6-11)12-3-1-2-4-13(12)19/h11-13,19H,1-10H2,(H2,16,17,20). The number of nitrogens with one attached hydrogen (secondary N) is 2. The van der Waals surface area contributed by atoms with E-state index in [0.29, 0.717) is 6.04 Å². The van der Waals surface area contributed by atoms with Crippen LogP contribution in [-0.4, -0.2) is 60.5 Å². The maximum atomic E-state index is 12.0. The van der Waals surface area contributed by atoms with Crippen molar-refractivity contribution in [3.63, 3.8) is 0 Å². The van der Waals surface area contributed by atoms with Gasteiger partial charge in [0.25, 0.3) is 0 Å². The van der Waals surface area contributed by atoms with Crippen molar-refractivity contribution in [3.05, 3.63) is 0 Å². The van der Waals surface area contributed by atoms with Gasteiger partial charge in [0.1, 0.15) is 6.67 Å². The molecule has 0 bridgehead atoms. The number of aliphatic hydroxyl groups is 1. The number of halogens is 1. The Bertz CT molecular complexity index is 309. The van der Waals surface area contributed by atoms with Crippen LogP contribution in [0.15, 0.2) is 0 Å². The minimum absolute atomic E-state index is 0.0684. The summed E-state index contributed by atoms with van der Waals surface area (Å²) in [5.74, 6) is 0. The van der Waals surface area contributed by atoms with Gasteiger partial charge in [0, 0.05) is 31.7 Å². The fraction of sp³-hybridized carbons (Fsp3) is 0.929. The molecule has 0 aromatic rings. The van der Waals surface area contributed by atoms with E-state index in [-0.39, 0.29) is 24.7 Å². The molecular weight excluding hydrogens is 261 g/mol. The second-order valence-corrected chi connectivity index (χ2v) is 5.82. The van der Waals surface area contributed by atoms with Gasteiger partial charge in [0.05, 0.1) is 6.10 Å². The van der Waals surface area contributed by atoms with E-state index >= 15 is 0 Å². The van der Waals surface area contributed by atoms with Crippen molar-refractivity contribution in [2.24, 2.45) is 0 Å². The average Bonchev–Trinajstić information content (AvgIpc) is 2.47. The summed E-state index contributed by atoms with van der Waals surface area (Å²) in [4.78, 5) is 13.8. The average molecular weight is 287 g/mol. The van der Waals surface area contributed by atoms with Gasteiger partial charge in [-0.15, -0.1) is 0 Å². The molecule has 2 atom stereocenters. The number of carbonyl (C=O) groups excluding carboxylic acids is 1. The van der Waals surface area contributed by atoms with E-state index in [2.05, 4.69) is 15.5 Å². The quantitative estimate of drug-likeness (QED) is 0.723. The van der Waals surface area contributed by atoms with Crippen molar-refractivity contribution in [3.8, 4) is 0 Å². The Balaban J connectivity index is 1.70. The normalized spacial score (nSPS) is 29.1. The molecule has 1 aliphatic heterocycles. The Morgan fingerprint density at radius 2 is 1.90 bits per heavy atom. The van der Waals surface area contributed by atoms with E-state index in [1.807, 2.05) is 0 Å². The molecule has 1 saturated heterocycles. The van der Waals surface area contributed by atoms with Crippen LogP contribution >= 0.6 is 0 Å². The van der Waals surface area contributed by atoms with Crippen molar-refractivity contribution in [1.29, 1.82) is 0 Å². The van der Waals surface area contributed by atoms with Crippen LogP contribution in [0.4, 0.5) is 9.18 Å². The lowest BCUT2D eigenvalue weighted by Gasteiger charge is -2.41. The summed E-state index contributed by atoms with van der Waals surface area (Å²) in [6.45, 7) is 1.36. The van der Waals surface area contributed by atoms with Crippen molar-refractivity contribution in [2.75, 3.05) is 26.3 Å². The van der Waals surface area contributed by atoms with Gasteiger partial charge in [0.15, 0.2) is 0 Å². The molecule has 2 rings (SSSR count). The van der Waals surface area contributed by atoms with Crippen LogP contribution in [0, 0.1) is 0 Å². The van der Waals surface area contributed by atoms with Crippen LogP contribution in [0.2, 0.25) is 0 Å². The Kier molecular flexibility index (Phi) is 6.04. The van der Waals surface area contributed by atoms with Crippen LogP contribution in [0.3, 0.4) is 0 Å². The Morgan fingerprint density at radius 1 is 1.20 bits per heavy atom. The number of hydrogen-bond acceptors (Lipinski definition) is 3. The van der Waals surface area contributed by atoms with E-state index in [4.69, 9.17) is 0 Å². The van der Waals surface area contributed by atoms with Crippen LogP contribution in [0.1, 0.15) is 38.5 Å². The summed E-state index contributed by atoms with van der Waals surface area (Å²) in [5.41, 5.74) is 0. The van der Waals surface area contributed by atoms with Crippen molar-refractivity contribution < 1.29 is 14.3 Å². The van der Waals surface area contributed by atoms with Gasteiger partial charge in [-0.2, -0.15) is 0 Å². The van der Waals surface area contributed by atoms with Crippen molar-refractivity contribution >= 4 is 6.03 Å². The highest BCUT2D eigenvalue weighted by Crippen LogP contribution is 2.25. The zero-order valence-corrected chi connectivity index (χ0v) is 12.0. The van der Waals surface area contributed by atoms with Crippen LogP contribution in [-0.2, 0) is 0 Å². The number of rotatable bonds is 4. The summed E-state index contributed by atoms with van der Waals surface area (Å²) in [7, 11) is 0. The first-order valence-electron chi connectivity index (χ1n) is 7.73. The molecule has 0 aromatic heterocycles. The summed E-state index contributed by atoms with van der Waals surface area (Å²) >= 11 is 0. The second kappa shape index (κ2) is 7.78. The second-order valence-electron chi connectivity index (χ2n) is 5.82. The number of alkyl halides is 1. The van der Waals surface area contributed by atoms with Crippen LogP contribution in [0.25, 0.3) is 0 Å². The molecule has 1 saturated carbocycles. The Labute approximate surface area is 119 Å². The predicted molar refractivity (Wildman–Crippen MR) is 75.4 cm³/mol. The first kappa shape index (κ1) is 15.5. The SMILES string of the molecule is O=C(NCCF)NC1CCN(C2CCCCC2O)CC1. The minimum atomic E-state index is -0.536. The third-order valence-corrected chi connectivity index (χ3v) is 4.41. The van der Waals surface area contributed by atoms with Gasteiger partial charge < -0.3 is 15.7 Å². The number of urea groups is 1. The molecule has 2 amide bonds. The number of nitrogens with zero attached hydrogens (tertiary/aromatic N) is 1. The minimum Gasteiger partial charge on any atom is -0.391 e. The van der Waals surface area contributed by atoms with E-state index < -0.39 is 6.67 Å². The number of likely N-dealkylation sites (tertiary alicyclic amines) is 1. The van der Waals surface area contributed by atoms with E-state index in [1.165, 1.54) is 6.42 Å². The molecule has 1 aliphatic carbocycles. The molecular formula is C14H26FN3O2. The zero-order valence-electron chi connectivity index (χ0n) is 12.0. The van der Waals surface area contributed by atoms with E-state index in [1.54, 1.807) is 0 Å². The number of amides is 2. The van der Waals surface area contributed by atoms with E-state index in [0.717, 1.165) is 45.2 Å². The van der Waals surface area contributed by atoms with Gasteiger partial charge in [0.2, 0.25) is 0 Å². The van der Waals surface area contributed by atoms with Crippen LogP contribution in [0.5, 0.6) is 0 Å². The molecule has 0 spiro atoms. The summed E-state index contributed by atoms with van der Waals surface area (Å²) in [5, 5.41) is 15.4. The first-order chi connectivity index (χ1) is 9.70. The fourth-order valence-corrected chi connectivity index (χ4v) is 3.29. The Morgan fingerprint density at radius 3 is 2.55 bits per heavy atom. The highest BCUT2D eigenvalue weighted by Gasteiger charge is 2.31. The lowest BCUT2D eigenvalue weighted by molar-refractivity contribution is 0.00777. The summed E-state index contributed by atoms with van der Waals surface area (Å²) < 4.78 is 12.0. The van der Waals surface area contributed by atoms with Crippen molar-refractivity contribution in [1.82, 2.24) is 15.5 Å². The predicted octanol–water partition coefficient (Wildman–Crippen LogP) is 1.02. The van der Waals surface area contributed by atoms with Crippen LogP contribution < -0.4 is 10.6 Å². The maximum absolute atomic E-state index is 12.0. The van der Waals surface area contributed by atoms with Gasteiger partial charge >= 0.3 is 6.03 Å². The summed E-state index contributed by atoms with van der Waals surface area (Å²) in [6.07, 6.45) is 5.92. The Hall–Kier alpha value is -0.880. The molecule has 2 unspecified atom stereocenters. The maximum Gasteiger partial charge on any atom is 0.315 e. The van der Waals surface area contributed by atoms with Gasteiger partial charge in [-0.3, -0.25) is 4.90 Å². The third kappa shape index (κ3) is 4.31. The zero-order chi connectivity index (χ0) is 14.4. The molecule has 2 fully saturated rings.